The van der Waals surface area contributed by atoms with Crippen LogP contribution >= 0.6 is 0 Å². The number of rotatable bonds is 8. The first kappa shape index (κ1) is 20.9. The van der Waals surface area contributed by atoms with Crippen molar-refractivity contribution in [2.75, 3.05) is 33.4 Å². The van der Waals surface area contributed by atoms with Crippen LogP contribution in [0.25, 0.3) is 11.1 Å². The Morgan fingerprint density at radius 1 is 1.14 bits per heavy atom. The second-order valence-electron chi connectivity index (χ2n) is 7.03. The van der Waals surface area contributed by atoms with Crippen LogP contribution in [0, 0.1) is 11.8 Å². The molecule has 29 heavy (non-hydrogen) atoms. The van der Waals surface area contributed by atoms with Crippen molar-refractivity contribution < 1.29 is 19.4 Å². The summed E-state index contributed by atoms with van der Waals surface area (Å²) in [5.74, 6) is 5.71. The van der Waals surface area contributed by atoms with Crippen LogP contribution in [-0.4, -0.2) is 55.6 Å². The lowest BCUT2D eigenvalue weighted by molar-refractivity contribution is 0.00756. The molecule has 1 N–H and O–H groups in total. The Morgan fingerprint density at radius 3 is 2.34 bits per heavy atom. The predicted octanol–water partition coefficient (Wildman–Crippen LogP) is 3.66. The van der Waals surface area contributed by atoms with Crippen molar-refractivity contribution in [1.82, 2.24) is 4.90 Å². The summed E-state index contributed by atoms with van der Waals surface area (Å²) in [6.45, 7) is 2.65. The fraction of sp³-hybridized carbons (Fsp3) is 0.375. The van der Waals surface area contributed by atoms with Crippen LogP contribution in [0.3, 0.4) is 0 Å². The molecule has 0 radical (unpaired) electrons. The van der Waals surface area contributed by atoms with E-state index in [1.54, 1.807) is 14.0 Å². The van der Waals surface area contributed by atoms with Crippen LogP contribution in [0.4, 0.5) is 4.79 Å². The first-order valence-corrected chi connectivity index (χ1v) is 9.83. The van der Waals surface area contributed by atoms with Crippen molar-refractivity contribution in [2.45, 2.75) is 25.4 Å². The molecule has 1 atom stereocenters. The number of carbonyl (C=O) groups is 1. The van der Waals surface area contributed by atoms with E-state index in [4.69, 9.17) is 9.47 Å². The molecule has 1 unspecified atom stereocenters. The highest BCUT2D eigenvalue weighted by atomic mass is 16.6. The molecule has 1 aliphatic rings. The molecule has 0 heterocycles. The second-order valence-corrected chi connectivity index (χ2v) is 7.03. The standard InChI is InChI=1S/C24H27NO4/c1-3-4-9-18(16-26)28-15-14-25(2)24(27)29-17-23-21-12-7-5-10-19(21)20-11-6-8-13-22(20)23/h5-8,10-13,18,23,26H,9,14-17H2,1-2H3. The number of aliphatic hydroxyl groups excluding tert-OH is 1. The molecule has 3 rings (SSSR count). The van der Waals surface area contributed by atoms with E-state index < -0.39 is 0 Å². The van der Waals surface area contributed by atoms with Gasteiger partial charge in [-0.2, -0.15) is 0 Å². The summed E-state index contributed by atoms with van der Waals surface area (Å²) < 4.78 is 11.2. The van der Waals surface area contributed by atoms with Crippen LogP contribution < -0.4 is 0 Å². The number of carbonyl (C=O) groups excluding carboxylic acids is 1. The molecule has 0 saturated heterocycles. The molecule has 0 bridgehead atoms. The number of hydrogen-bond acceptors (Lipinski definition) is 4. The van der Waals surface area contributed by atoms with Gasteiger partial charge in [0, 0.05) is 25.9 Å². The number of fused-ring (bicyclic) bond motifs is 3. The number of benzene rings is 2. The number of amides is 1. The number of aliphatic hydroxyl groups is 1. The minimum absolute atomic E-state index is 0.0439. The van der Waals surface area contributed by atoms with Gasteiger partial charge in [0.1, 0.15) is 6.61 Å². The van der Waals surface area contributed by atoms with E-state index >= 15 is 0 Å². The van der Waals surface area contributed by atoms with Gasteiger partial charge in [0.2, 0.25) is 0 Å². The molecule has 0 fully saturated rings. The van der Waals surface area contributed by atoms with Gasteiger partial charge in [0.05, 0.1) is 19.3 Å². The maximum absolute atomic E-state index is 12.4. The van der Waals surface area contributed by atoms with Crippen molar-refractivity contribution in [3.05, 3.63) is 59.7 Å². The van der Waals surface area contributed by atoms with Gasteiger partial charge in [-0.05, 0) is 29.2 Å². The average molecular weight is 393 g/mol. The second kappa shape index (κ2) is 10.1. The molecule has 5 heteroatoms. The Kier molecular flexibility index (Phi) is 7.29. The van der Waals surface area contributed by atoms with Gasteiger partial charge in [-0.25, -0.2) is 4.79 Å². The topological polar surface area (TPSA) is 59.0 Å². The Labute approximate surface area is 172 Å². The minimum Gasteiger partial charge on any atom is -0.448 e. The number of hydrogen-bond donors (Lipinski definition) is 1. The Hall–Kier alpha value is -2.81. The molecular formula is C24H27NO4. The normalized spacial score (nSPS) is 13.1. The summed E-state index contributed by atoms with van der Waals surface area (Å²) in [6.07, 6.45) is -0.246. The maximum atomic E-state index is 12.4. The van der Waals surface area contributed by atoms with Gasteiger partial charge >= 0.3 is 6.09 Å². The fourth-order valence-electron chi connectivity index (χ4n) is 3.54. The smallest absolute Gasteiger partial charge is 0.409 e. The van der Waals surface area contributed by atoms with Crippen LogP contribution in [-0.2, 0) is 9.47 Å². The molecule has 5 nitrogen and oxygen atoms in total. The highest BCUT2D eigenvalue weighted by Crippen LogP contribution is 2.44. The molecular weight excluding hydrogens is 366 g/mol. The Morgan fingerprint density at radius 2 is 1.76 bits per heavy atom. The van der Waals surface area contributed by atoms with Gasteiger partial charge in [0.15, 0.2) is 0 Å². The van der Waals surface area contributed by atoms with E-state index in [2.05, 4.69) is 36.1 Å². The van der Waals surface area contributed by atoms with E-state index in [1.165, 1.54) is 27.2 Å². The van der Waals surface area contributed by atoms with Crippen molar-refractivity contribution >= 4 is 6.09 Å². The molecule has 0 saturated carbocycles. The lowest BCUT2D eigenvalue weighted by atomic mass is 9.98. The predicted molar refractivity (Wildman–Crippen MR) is 113 cm³/mol. The first-order valence-electron chi connectivity index (χ1n) is 9.83. The number of nitrogens with zero attached hydrogens (tertiary/aromatic N) is 1. The van der Waals surface area contributed by atoms with Crippen molar-refractivity contribution in [1.29, 1.82) is 0 Å². The van der Waals surface area contributed by atoms with E-state index in [9.17, 15) is 9.90 Å². The monoisotopic (exact) mass is 393 g/mol. The van der Waals surface area contributed by atoms with Crippen LogP contribution in [0.15, 0.2) is 48.5 Å². The summed E-state index contributed by atoms with van der Waals surface area (Å²) in [4.78, 5) is 13.9. The maximum Gasteiger partial charge on any atom is 0.409 e. The summed E-state index contributed by atoms with van der Waals surface area (Å²) in [5, 5.41) is 9.29. The van der Waals surface area contributed by atoms with Gasteiger partial charge in [-0.3, -0.25) is 0 Å². The van der Waals surface area contributed by atoms with Gasteiger partial charge in [-0.1, -0.05) is 48.5 Å². The summed E-state index contributed by atoms with van der Waals surface area (Å²) in [6, 6.07) is 16.5. The third-order valence-electron chi connectivity index (χ3n) is 5.14. The molecule has 1 aliphatic carbocycles. The highest BCUT2D eigenvalue weighted by molar-refractivity contribution is 5.79. The zero-order valence-electron chi connectivity index (χ0n) is 16.9. The molecule has 2 aromatic carbocycles. The lowest BCUT2D eigenvalue weighted by Gasteiger charge is -2.21. The quantitative estimate of drug-likeness (QED) is 0.696. The zero-order chi connectivity index (χ0) is 20.6. The minimum atomic E-state index is -0.385. The molecule has 2 aromatic rings. The Balaban J connectivity index is 1.53. The van der Waals surface area contributed by atoms with Crippen LogP contribution in [0.1, 0.15) is 30.4 Å². The van der Waals surface area contributed by atoms with Gasteiger partial charge in [0.25, 0.3) is 0 Å². The third kappa shape index (κ3) is 4.97. The van der Waals surface area contributed by atoms with Crippen LogP contribution in [0.2, 0.25) is 0 Å². The number of likely N-dealkylation sites (N-methyl/N-ethyl adjacent to an activating group) is 1. The molecule has 0 spiro atoms. The van der Waals surface area contributed by atoms with E-state index in [0.717, 1.165) is 0 Å². The van der Waals surface area contributed by atoms with Gasteiger partial charge < -0.3 is 19.5 Å². The number of ether oxygens (including phenoxy) is 2. The fourth-order valence-corrected chi connectivity index (χ4v) is 3.54. The molecule has 0 aliphatic heterocycles. The molecule has 152 valence electrons. The molecule has 0 aromatic heterocycles. The SMILES string of the molecule is CC#CCC(CO)OCCN(C)C(=O)OCC1c2ccccc2-c2ccccc21. The summed E-state index contributed by atoms with van der Waals surface area (Å²) >= 11 is 0. The van der Waals surface area contributed by atoms with Gasteiger partial charge in [-0.15, -0.1) is 11.8 Å². The van der Waals surface area contributed by atoms with Crippen LogP contribution in [0.5, 0.6) is 0 Å². The highest BCUT2D eigenvalue weighted by Gasteiger charge is 2.29. The van der Waals surface area contributed by atoms with E-state index in [0.29, 0.717) is 26.2 Å². The largest absolute Gasteiger partial charge is 0.448 e. The average Bonchev–Trinajstić information content (AvgIpc) is 3.08. The van der Waals surface area contributed by atoms with E-state index in [-0.39, 0.29) is 24.7 Å². The first-order chi connectivity index (χ1) is 14.2. The van der Waals surface area contributed by atoms with Crippen molar-refractivity contribution in [3.8, 4) is 23.0 Å². The summed E-state index contributed by atoms with van der Waals surface area (Å²) in [7, 11) is 1.68. The molecule has 1 amide bonds. The Bertz CT molecular complexity index is 853. The van der Waals surface area contributed by atoms with Crippen molar-refractivity contribution in [2.24, 2.45) is 0 Å². The van der Waals surface area contributed by atoms with E-state index in [1.807, 2.05) is 24.3 Å². The summed E-state index contributed by atoms with van der Waals surface area (Å²) in [5.41, 5.74) is 4.79. The van der Waals surface area contributed by atoms with Crippen molar-refractivity contribution in [3.63, 3.8) is 0 Å². The zero-order valence-corrected chi connectivity index (χ0v) is 16.9. The lowest BCUT2D eigenvalue weighted by Crippen LogP contribution is -2.33. The third-order valence-corrected chi connectivity index (χ3v) is 5.14.